The molecule has 1 aliphatic carbocycles. The summed E-state index contributed by atoms with van der Waals surface area (Å²) in [6, 6.07) is 0.768. The van der Waals surface area contributed by atoms with Gasteiger partial charge in [0.2, 0.25) is 0 Å². The first-order chi connectivity index (χ1) is 12.9. The van der Waals surface area contributed by atoms with Crippen LogP contribution in [0.2, 0.25) is 0 Å². The molecule has 3 aliphatic heterocycles. The van der Waals surface area contributed by atoms with Crippen molar-refractivity contribution in [3.05, 3.63) is 0 Å². The topological polar surface area (TPSA) is 15.7 Å². The smallest absolute Gasteiger partial charge is 0.0627 e. The fraction of sp³-hybridized carbons (Fsp3) is 1.00. The second-order valence-electron chi connectivity index (χ2n) is 11.3. The summed E-state index contributed by atoms with van der Waals surface area (Å²) in [5, 5.41) is 0. The van der Waals surface area contributed by atoms with Crippen molar-refractivity contribution in [2.75, 3.05) is 32.8 Å². The molecule has 4 fully saturated rings. The zero-order valence-electron chi connectivity index (χ0n) is 18.5. The van der Waals surface area contributed by atoms with Crippen LogP contribution in [0.25, 0.3) is 0 Å². The molecule has 27 heavy (non-hydrogen) atoms. The number of piperidine rings is 2. The largest absolute Gasteiger partial charge is 0.378 e. The van der Waals surface area contributed by atoms with E-state index in [0.29, 0.717) is 11.6 Å². The van der Waals surface area contributed by atoms with Gasteiger partial charge in [0.05, 0.1) is 6.10 Å². The number of ether oxygens (including phenoxy) is 1. The Morgan fingerprint density at radius 1 is 0.926 bits per heavy atom. The van der Waals surface area contributed by atoms with E-state index >= 15 is 0 Å². The Morgan fingerprint density at radius 2 is 1.78 bits per heavy atom. The van der Waals surface area contributed by atoms with Gasteiger partial charge in [-0.3, -0.25) is 4.90 Å². The fourth-order valence-corrected chi connectivity index (χ4v) is 6.68. The molecule has 156 valence electrons. The second-order valence-corrected chi connectivity index (χ2v) is 11.3. The monoisotopic (exact) mass is 376 g/mol. The highest BCUT2D eigenvalue weighted by Crippen LogP contribution is 2.42. The van der Waals surface area contributed by atoms with Crippen molar-refractivity contribution in [3.8, 4) is 0 Å². The van der Waals surface area contributed by atoms with Crippen LogP contribution >= 0.6 is 0 Å². The average Bonchev–Trinajstić information content (AvgIpc) is 2.66. The molecule has 0 amide bonds. The minimum absolute atomic E-state index is 0.352. The van der Waals surface area contributed by atoms with E-state index in [0.717, 1.165) is 36.3 Å². The molecule has 6 unspecified atom stereocenters. The molecule has 0 spiro atoms. The number of hydrogen-bond acceptors (Lipinski definition) is 3. The average molecular weight is 377 g/mol. The number of rotatable bonds is 3. The third-order valence-corrected chi connectivity index (χ3v) is 8.47. The van der Waals surface area contributed by atoms with E-state index in [2.05, 4.69) is 37.5 Å². The van der Waals surface area contributed by atoms with Gasteiger partial charge in [-0.05, 0) is 103 Å². The van der Waals surface area contributed by atoms with Crippen LogP contribution < -0.4 is 0 Å². The lowest BCUT2D eigenvalue weighted by atomic mass is 9.69. The highest BCUT2D eigenvalue weighted by Gasteiger charge is 2.39. The van der Waals surface area contributed by atoms with Gasteiger partial charge in [-0.15, -0.1) is 0 Å². The minimum atomic E-state index is 0.352. The molecule has 3 saturated heterocycles. The van der Waals surface area contributed by atoms with E-state index in [1.54, 1.807) is 0 Å². The van der Waals surface area contributed by atoms with Gasteiger partial charge >= 0.3 is 0 Å². The van der Waals surface area contributed by atoms with Crippen LogP contribution in [0.4, 0.5) is 0 Å². The second kappa shape index (κ2) is 8.32. The third-order valence-electron chi connectivity index (χ3n) is 8.47. The molecule has 0 aromatic carbocycles. The molecule has 1 saturated carbocycles. The van der Waals surface area contributed by atoms with Crippen LogP contribution in [-0.4, -0.2) is 60.3 Å². The quantitative estimate of drug-likeness (QED) is 0.703. The summed E-state index contributed by atoms with van der Waals surface area (Å²) >= 11 is 0. The molecule has 0 bridgehead atoms. The lowest BCUT2D eigenvalue weighted by molar-refractivity contribution is -0.0745. The molecule has 0 radical (unpaired) electrons. The SMILES string of the molecule is CC(CC1CCC2CN(C(C)(C)C)CCC2C1)N1CCC2OCCCC2C1. The van der Waals surface area contributed by atoms with Gasteiger partial charge in [-0.2, -0.15) is 0 Å². The molecular formula is C24H44N2O. The normalized spacial score (nSPS) is 40.2. The maximum absolute atomic E-state index is 6.02. The summed E-state index contributed by atoms with van der Waals surface area (Å²) in [6.07, 6.45) is 11.9. The zero-order chi connectivity index (χ0) is 19.0. The van der Waals surface area contributed by atoms with Crippen molar-refractivity contribution in [2.24, 2.45) is 23.7 Å². The maximum Gasteiger partial charge on any atom is 0.0627 e. The summed E-state index contributed by atoms with van der Waals surface area (Å²) in [4.78, 5) is 5.55. The van der Waals surface area contributed by atoms with Gasteiger partial charge in [-0.1, -0.05) is 6.42 Å². The lowest BCUT2D eigenvalue weighted by Crippen LogP contribution is -2.51. The molecule has 3 nitrogen and oxygen atoms in total. The molecular weight excluding hydrogens is 332 g/mol. The summed E-state index contributed by atoms with van der Waals surface area (Å²) in [7, 11) is 0. The fourth-order valence-electron chi connectivity index (χ4n) is 6.68. The first-order valence-corrected chi connectivity index (χ1v) is 12.0. The van der Waals surface area contributed by atoms with Crippen molar-refractivity contribution in [1.29, 1.82) is 0 Å². The first-order valence-electron chi connectivity index (χ1n) is 12.0. The molecule has 3 heteroatoms. The number of fused-ring (bicyclic) bond motifs is 2. The molecule has 4 rings (SSSR count). The minimum Gasteiger partial charge on any atom is -0.378 e. The number of hydrogen-bond donors (Lipinski definition) is 0. The third kappa shape index (κ3) is 4.73. The Bertz CT molecular complexity index is 487. The van der Waals surface area contributed by atoms with Crippen LogP contribution in [0.1, 0.15) is 79.1 Å². The van der Waals surface area contributed by atoms with E-state index in [1.807, 2.05) is 0 Å². The predicted molar refractivity (Wildman–Crippen MR) is 113 cm³/mol. The molecule has 0 N–H and O–H groups in total. The van der Waals surface area contributed by atoms with E-state index < -0.39 is 0 Å². The maximum atomic E-state index is 6.02. The Kier molecular flexibility index (Phi) is 6.21. The van der Waals surface area contributed by atoms with Gasteiger partial charge in [0.1, 0.15) is 0 Å². The molecule has 4 aliphatic rings. The van der Waals surface area contributed by atoms with E-state index in [9.17, 15) is 0 Å². The molecule has 0 aromatic rings. The van der Waals surface area contributed by atoms with Crippen molar-refractivity contribution >= 4 is 0 Å². The lowest BCUT2D eigenvalue weighted by Gasteiger charge is -2.49. The van der Waals surface area contributed by atoms with Crippen molar-refractivity contribution in [3.63, 3.8) is 0 Å². The summed E-state index contributed by atoms with van der Waals surface area (Å²) < 4.78 is 6.02. The van der Waals surface area contributed by atoms with Gasteiger partial charge < -0.3 is 9.64 Å². The Morgan fingerprint density at radius 3 is 2.59 bits per heavy atom. The van der Waals surface area contributed by atoms with E-state index in [-0.39, 0.29) is 0 Å². The van der Waals surface area contributed by atoms with E-state index in [1.165, 1.54) is 77.5 Å². The van der Waals surface area contributed by atoms with Crippen LogP contribution in [0.3, 0.4) is 0 Å². The number of likely N-dealkylation sites (tertiary alicyclic amines) is 2. The molecule has 3 heterocycles. The van der Waals surface area contributed by atoms with Gasteiger partial charge in [0.25, 0.3) is 0 Å². The summed E-state index contributed by atoms with van der Waals surface area (Å²) in [6.45, 7) is 15.9. The van der Waals surface area contributed by atoms with Crippen LogP contribution in [0.15, 0.2) is 0 Å². The molecule has 0 aromatic heterocycles. The van der Waals surface area contributed by atoms with E-state index in [4.69, 9.17) is 4.74 Å². The summed E-state index contributed by atoms with van der Waals surface area (Å²) in [5.41, 5.74) is 0.352. The Balaban J connectivity index is 1.25. The van der Waals surface area contributed by atoms with Crippen LogP contribution in [0.5, 0.6) is 0 Å². The molecule has 6 atom stereocenters. The Hall–Kier alpha value is -0.120. The first kappa shape index (κ1) is 20.2. The predicted octanol–water partition coefficient (Wildman–Crippen LogP) is 4.80. The van der Waals surface area contributed by atoms with Crippen molar-refractivity contribution in [2.45, 2.75) is 96.7 Å². The van der Waals surface area contributed by atoms with Gasteiger partial charge in [0.15, 0.2) is 0 Å². The highest BCUT2D eigenvalue weighted by atomic mass is 16.5. The summed E-state index contributed by atoms with van der Waals surface area (Å²) in [5.74, 6) is 3.77. The highest BCUT2D eigenvalue weighted by molar-refractivity contribution is 4.92. The zero-order valence-corrected chi connectivity index (χ0v) is 18.5. The van der Waals surface area contributed by atoms with Crippen molar-refractivity contribution < 1.29 is 4.74 Å². The van der Waals surface area contributed by atoms with Crippen LogP contribution in [0, 0.1) is 23.7 Å². The van der Waals surface area contributed by atoms with Crippen molar-refractivity contribution in [1.82, 2.24) is 9.80 Å². The van der Waals surface area contributed by atoms with Gasteiger partial charge in [-0.25, -0.2) is 0 Å². The van der Waals surface area contributed by atoms with Crippen LogP contribution in [-0.2, 0) is 4.74 Å². The Labute approximate surface area is 168 Å². The standard InChI is InChI=1S/C24H44N2O/c1-18(25-11-10-23-22(16-25)6-5-13-27-23)14-19-7-8-21-17-26(24(2,3)4)12-9-20(21)15-19/h18-23H,5-17H2,1-4H3. The number of nitrogens with zero attached hydrogens (tertiary/aromatic N) is 2. The van der Waals surface area contributed by atoms with Gasteiger partial charge in [0, 0.05) is 37.8 Å².